The van der Waals surface area contributed by atoms with Crippen molar-refractivity contribution in [3.05, 3.63) is 29.3 Å². The van der Waals surface area contributed by atoms with E-state index in [2.05, 4.69) is 30.4 Å². The van der Waals surface area contributed by atoms with Crippen molar-refractivity contribution in [2.75, 3.05) is 20.3 Å². The lowest BCUT2D eigenvalue weighted by molar-refractivity contribution is 0.172. The molecule has 1 aromatic rings. The molecular formula is C15H23NO2. The zero-order valence-electron chi connectivity index (χ0n) is 11.4. The van der Waals surface area contributed by atoms with Gasteiger partial charge in [0.2, 0.25) is 0 Å². The second kappa shape index (κ2) is 6.76. The van der Waals surface area contributed by atoms with Gasteiger partial charge in [-0.15, -0.1) is 0 Å². The Morgan fingerprint density at radius 2 is 2.11 bits per heavy atom. The van der Waals surface area contributed by atoms with E-state index in [1.165, 1.54) is 24.0 Å². The molecule has 1 saturated carbocycles. The Morgan fingerprint density at radius 3 is 2.83 bits per heavy atom. The van der Waals surface area contributed by atoms with Gasteiger partial charge in [-0.1, -0.05) is 12.1 Å². The Hall–Kier alpha value is -1.06. The van der Waals surface area contributed by atoms with E-state index in [4.69, 9.17) is 9.47 Å². The van der Waals surface area contributed by atoms with E-state index in [0.717, 1.165) is 31.4 Å². The highest BCUT2D eigenvalue weighted by molar-refractivity contribution is 5.36. The van der Waals surface area contributed by atoms with Gasteiger partial charge in [0, 0.05) is 32.7 Å². The summed E-state index contributed by atoms with van der Waals surface area (Å²) in [5, 5.41) is 3.52. The molecular weight excluding hydrogens is 226 g/mol. The fourth-order valence-corrected chi connectivity index (χ4v) is 1.84. The third-order valence-corrected chi connectivity index (χ3v) is 3.18. The normalized spacial score (nSPS) is 14.8. The smallest absolute Gasteiger partial charge is 0.122 e. The molecule has 3 nitrogen and oxygen atoms in total. The zero-order valence-corrected chi connectivity index (χ0v) is 11.4. The van der Waals surface area contributed by atoms with Crippen LogP contribution in [-0.2, 0) is 11.3 Å². The minimum atomic E-state index is 0.716. The number of methoxy groups -OCH3 is 1. The van der Waals surface area contributed by atoms with Crippen molar-refractivity contribution >= 4 is 0 Å². The van der Waals surface area contributed by atoms with E-state index in [0.29, 0.717) is 6.61 Å². The molecule has 0 aliphatic heterocycles. The van der Waals surface area contributed by atoms with Crippen LogP contribution >= 0.6 is 0 Å². The molecule has 1 aliphatic carbocycles. The van der Waals surface area contributed by atoms with Gasteiger partial charge < -0.3 is 14.8 Å². The Bertz CT molecular complexity index is 375. The molecule has 0 heterocycles. The van der Waals surface area contributed by atoms with Crippen LogP contribution in [-0.4, -0.2) is 26.4 Å². The second-order valence-corrected chi connectivity index (χ2v) is 4.95. The van der Waals surface area contributed by atoms with Crippen LogP contribution < -0.4 is 10.1 Å². The Labute approximate surface area is 109 Å². The number of nitrogens with one attached hydrogen (secondary N) is 1. The first-order valence-corrected chi connectivity index (χ1v) is 6.74. The number of rotatable bonds is 8. The van der Waals surface area contributed by atoms with Crippen molar-refractivity contribution in [1.29, 1.82) is 0 Å². The van der Waals surface area contributed by atoms with Gasteiger partial charge in [-0.05, 0) is 37.0 Å². The standard InChI is InChI=1S/C15H23NO2/c1-12-4-5-13(11-16-14-6-7-14)10-15(12)18-9-3-8-17-2/h4-5,10,14,16H,3,6-9,11H2,1-2H3. The molecule has 0 bridgehead atoms. The molecule has 1 fully saturated rings. The van der Waals surface area contributed by atoms with Gasteiger partial charge >= 0.3 is 0 Å². The molecule has 1 aliphatic rings. The van der Waals surface area contributed by atoms with E-state index < -0.39 is 0 Å². The fourth-order valence-electron chi connectivity index (χ4n) is 1.84. The highest BCUT2D eigenvalue weighted by Crippen LogP contribution is 2.22. The van der Waals surface area contributed by atoms with Crippen LogP contribution in [0.15, 0.2) is 18.2 Å². The molecule has 0 aromatic heterocycles. The van der Waals surface area contributed by atoms with Crippen molar-refractivity contribution in [3.8, 4) is 5.75 Å². The molecule has 3 heteroatoms. The van der Waals surface area contributed by atoms with Gasteiger partial charge in [-0.25, -0.2) is 0 Å². The van der Waals surface area contributed by atoms with Crippen LogP contribution in [0, 0.1) is 6.92 Å². The molecule has 1 aromatic carbocycles. The summed E-state index contributed by atoms with van der Waals surface area (Å²) >= 11 is 0. The van der Waals surface area contributed by atoms with E-state index in [1.54, 1.807) is 7.11 Å². The van der Waals surface area contributed by atoms with Gasteiger partial charge in [0.25, 0.3) is 0 Å². The summed E-state index contributed by atoms with van der Waals surface area (Å²) in [5.41, 5.74) is 2.50. The molecule has 0 amide bonds. The lowest BCUT2D eigenvalue weighted by atomic mass is 10.1. The molecule has 18 heavy (non-hydrogen) atoms. The summed E-state index contributed by atoms with van der Waals surface area (Å²) in [7, 11) is 1.72. The van der Waals surface area contributed by atoms with Gasteiger partial charge in [-0.2, -0.15) is 0 Å². The van der Waals surface area contributed by atoms with Crippen molar-refractivity contribution < 1.29 is 9.47 Å². The lowest BCUT2D eigenvalue weighted by Gasteiger charge is -2.11. The maximum atomic E-state index is 5.79. The fraction of sp³-hybridized carbons (Fsp3) is 0.600. The number of hydrogen-bond donors (Lipinski definition) is 1. The van der Waals surface area contributed by atoms with Gasteiger partial charge in [-0.3, -0.25) is 0 Å². The molecule has 0 atom stereocenters. The highest BCUT2D eigenvalue weighted by atomic mass is 16.5. The molecule has 1 N–H and O–H groups in total. The Morgan fingerprint density at radius 1 is 1.28 bits per heavy atom. The molecule has 0 unspecified atom stereocenters. The minimum absolute atomic E-state index is 0.716. The molecule has 0 radical (unpaired) electrons. The number of hydrogen-bond acceptors (Lipinski definition) is 3. The summed E-state index contributed by atoms with van der Waals surface area (Å²) < 4.78 is 10.8. The van der Waals surface area contributed by atoms with E-state index in [1.807, 2.05) is 0 Å². The maximum Gasteiger partial charge on any atom is 0.122 e. The Kier molecular flexibility index (Phi) is 5.02. The molecule has 100 valence electrons. The van der Waals surface area contributed by atoms with Crippen molar-refractivity contribution in [3.63, 3.8) is 0 Å². The maximum absolute atomic E-state index is 5.79. The van der Waals surface area contributed by atoms with Crippen molar-refractivity contribution in [1.82, 2.24) is 5.32 Å². The Balaban J connectivity index is 1.84. The first-order valence-electron chi connectivity index (χ1n) is 6.74. The third kappa shape index (κ3) is 4.31. The minimum Gasteiger partial charge on any atom is -0.493 e. The lowest BCUT2D eigenvalue weighted by Crippen LogP contribution is -2.15. The summed E-state index contributed by atoms with van der Waals surface area (Å²) in [4.78, 5) is 0. The van der Waals surface area contributed by atoms with Crippen molar-refractivity contribution in [2.45, 2.75) is 38.8 Å². The van der Waals surface area contributed by atoms with Gasteiger partial charge in [0.15, 0.2) is 0 Å². The molecule has 0 spiro atoms. The van der Waals surface area contributed by atoms with Crippen LogP contribution in [0.3, 0.4) is 0 Å². The van der Waals surface area contributed by atoms with E-state index in [9.17, 15) is 0 Å². The van der Waals surface area contributed by atoms with E-state index in [-0.39, 0.29) is 0 Å². The zero-order chi connectivity index (χ0) is 12.8. The van der Waals surface area contributed by atoms with Crippen molar-refractivity contribution in [2.24, 2.45) is 0 Å². The highest BCUT2D eigenvalue weighted by Gasteiger charge is 2.19. The summed E-state index contributed by atoms with van der Waals surface area (Å²) in [5.74, 6) is 1.00. The predicted octanol–water partition coefficient (Wildman–Crippen LogP) is 2.66. The first-order chi connectivity index (χ1) is 8.79. The average molecular weight is 249 g/mol. The van der Waals surface area contributed by atoms with Crippen LogP contribution in [0.5, 0.6) is 5.75 Å². The van der Waals surface area contributed by atoms with Crippen LogP contribution in [0.1, 0.15) is 30.4 Å². The summed E-state index contributed by atoms with van der Waals surface area (Å²) in [6.07, 6.45) is 3.58. The summed E-state index contributed by atoms with van der Waals surface area (Å²) in [6.45, 7) is 4.50. The van der Waals surface area contributed by atoms with Crippen LogP contribution in [0.4, 0.5) is 0 Å². The van der Waals surface area contributed by atoms with Crippen LogP contribution in [0.2, 0.25) is 0 Å². The number of benzene rings is 1. The third-order valence-electron chi connectivity index (χ3n) is 3.18. The van der Waals surface area contributed by atoms with Gasteiger partial charge in [0.1, 0.15) is 5.75 Å². The first kappa shape index (κ1) is 13.4. The van der Waals surface area contributed by atoms with Gasteiger partial charge in [0.05, 0.1) is 6.61 Å². The second-order valence-electron chi connectivity index (χ2n) is 4.95. The number of aryl methyl sites for hydroxylation is 1. The quantitative estimate of drug-likeness (QED) is 0.718. The number of ether oxygens (including phenoxy) is 2. The summed E-state index contributed by atoms with van der Waals surface area (Å²) in [6, 6.07) is 7.21. The molecule has 2 rings (SSSR count). The topological polar surface area (TPSA) is 30.5 Å². The average Bonchev–Trinajstić information content (AvgIpc) is 3.19. The monoisotopic (exact) mass is 249 g/mol. The largest absolute Gasteiger partial charge is 0.493 e. The molecule has 0 saturated heterocycles. The van der Waals surface area contributed by atoms with E-state index >= 15 is 0 Å². The van der Waals surface area contributed by atoms with Crippen LogP contribution in [0.25, 0.3) is 0 Å². The predicted molar refractivity (Wildman–Crippen MR) is 73.0 cm³/mol. The SMILES string of the molecule is COCCCOc1cc(CNC2CC2)ccc1C.